The number of carbonyl (C=O) groups excluding carboxylic acids is 1. The Balaban J connectivity index is 1.58. The summed E-state index contributed by atoms with van der Waals surface area (Å²) in [7, 11) is 0. The lowest BCUT2D eigenvalue weighted by molar-refractivity contribution is 0.0709. The number of hydrogen-bond donors (Lipinski definition) is 1. The number of carbonyl (C=O) groups is 1. The molecular weight excluding hydrogens is 384 g/mol. The first-order valence-corrected chi connectivity index (χ1v) is 10.6. The highest BCUT2D eigenvalue weighted by Gasteiger charge is 2.29. The van der Waals surface area contributed by atoms with Gasteiger partial charge in [0.15, 0.2) is 0 Å². The van der Waals surface area contributed by atoms with E-state index < -0.39 is 0 Å². The second kappa shape index (κ2) is 8.24. The van der Waals surface area contributed by atoms with Gasteiger partial charge >= 0.3 is 0 Å². The molecule has 3 aromatic heterocycles. The van der Waals surface area contributed by atoms with Crippen molar-refractivity contribution < 1.29 is 4.79 Å². The number of anilines is 1. The van der Waals surface area contributed by atoms with Crippen LogP contribution in [0.25, 0.3) is 11.1 Å². The van der Waals surface area contributed by atoms with E-state index in [1.165, 1.54) is 11.5 Å². The van der Waals surface area contributed by atoms with Crippen molar-refractivity contribution in [1.29, 1.82) is 0 Å². The molecule has 1 amide bonds. The topological polar surface area (TPSA) is 97.9 Å². The van der Waals surface area contributed by atoms with Crippen molar-refractivity contribution in [2.45, 2.75) is 39.0 Å². The summed E-state index contributed by atoms with van der Waals surface area (Å²) in [6.07, 6.45) is 4.47. The lowest BCUT2D eigenvalue weighted by atomic mass is 9.92. The lowest BCUT2D eigenvalue weighted by Gasteiger charge is -2.32. The molecule has 1 saturated heterocycles. The van der Waals surface area contributed by atoms with Gasteiger partial charge < -0.3 is 10.6 Å². The highest BCUT2D eigenvalue weighted by molar-refractivity contribution is 7.08. The number of amides is 1. The fourth-order valence-corrected chi connectivity index (χ4v) is 4.51. The van der Waals surface area contributed by atoms with E-state index in [9.17, 15) is 4.79 Å². The molecule has 29 heavy (non-hydrogen) atoms. The number of nitrogens with two attached hydrogens (primary N) is 1. The summed E-state index contributed by atoms with van der Waals surface area (Å²) in [6, 6.07) is 7.95. The minimum absolute atomic E-state index is 0.0390. The van der Waals surface area contributed by atoms with E-state index in [0.717, 1.165) is 47.6 Å². The van der Waals surface area contributed by atoms with Gasteiger partial charge in [-0.05, 0) is 67.5 Å². The first-order valence-electron chi connectivity index (χ1n) is 9.86. The number of nitrogen functional groups attached to an aromatic ring is 1. The van der Waals surface area contributed by atoms with Crippen LogP contribution in [0, 0.1) is 6.92 Å². The molecule has 1 fully saturated rings. The van der Waals surface area contributed by atoms with Gasteiger partial charge in [-0.2, -0.15) is 0 Å². The Kier molecular flexibility index (Phi) is 5.53. The van der Waals surface area contributed by atoms with Crippen molar-refractivity contribution >= 4 is 23.3 Å². The van der Waals surface area contributed by atoms with Crippen LogP contribution in [0.5, 0.6) is 0 Å². The second-order valence-corrected chi connectivity index (χ2v) is 8.14. The van der Waals surface area contributed by atoms with Crippen LogP contribution in [0.4, 0.5) is 5.82 Å². The van der Waals surface area contributed by atoms with Crippen molar-refractivity contribution in [3.63, 3.8) is 0 Å². The molecule has 1 atom stereocenters. The fraction of sp³-hybridized carbons (Fsp3) is 0.381. The minimum atomic E-state index is 0.0390. The van der Waals surface area contributed by atoms with Gasteiger partial charge in [-0.25, -0.2) is 4.98 Å². The van der Waals surface area contributed by atoms with Gasteiger partial charge in [-0.3, -0.25) is 9.78 Å². The fourth-order valence-electron chi connectivity index (χ4n) is 3.80. The van der Waals surface area contributed by atoms with Crippen molar-refractivity contribution in [3.05, 3.63) is 52.4 Å². The molecule has 0 aromatic carbocycles. The van der Waals surface area contributed by atoms with Gasteiger partial charge in [0.05, 0.1) is 5.69 Å². The van der Waals surface area contributed by atoms with Crippen LogP contribution in [-0.4, -0.2) is 43.5 Å². The summed E-state index contributed by atoms with van der Waals surface area (Å²) >= 11 is 1.19. The summed E-state index contributed by atoms with van der Waals surface area (Å²) in [4.78, 5) is 24.6. The van der Waals surface area contributed by atoms with Crippen LogP contribution in [-0.2, 0) is 6.42 Å². The third-order valence-electron chi connectivity index (χ3n) is 5.30. The van der Waals surface area contributed by atoms with Gasteiger partial charge in [0.25, 0.3) is 5.91 Å². The van der Waals surface area contributed by atoms with Crippen molar-refractivity contribution in [3.8, 4) is 11.1 Å². The molecule has 7 nitrogen and oxygen atoms in total. The second-order valence-electron chi connectivity index (χ2n) is 7.39. The van der Waals surface area contributed by atoms with Gasteiger partial charge in [-0.1, -0.05) is 11.4 Å². The van der Waals surface area contributed by atoms with E-state index >= 15 is 0 Å². The lowest BCUT2D eigenvalue weighted by Crippen LogP contribution is -2.39. The average Bonchev–Trinajstić information content (AvgIpc) is 3.22. The van der Waals surface area contributed by atoms with Crippen molar-refractivity contribution in [2.24, 2.45) is 0 Å². The van der Waals surface area contributed by atoms with E-state index in [1.54, 1.807) is 12.3 Å². The quantitative estimate of drug-likeness (QED) is 0.710. The smallest absolute Gasteiger partial charge is 0.267 e. The number of hydrogen-bond acceptors (Lipinski definition) is 7. The predicted molar refractivity (Wildman–Crippen MR) is 114 cm³/mol. The van der Waals surface area contributed by atoms with Crippen LogP contribution in [0.1, 0.15) is 52.4 Å². The molecule has 0 saturated carbocycles. The first kappa shape index (κ1) is 19.4. The number of aromatic nitrogens is 4. The average molecular weight is 409 g/mol. The summed E-state index contributed by atoms with van der Waals surface area (Å²) in [5, 5.41) is 4.08. The predicted octanol–water partition coefficient (Wildman–Crippen LogP) is 3.47. The monoisotopic (exact) mass is 408 g/mol. The van der Waals surface area contributed by atoms with Crippen LogP contribution < -0.4 is 5.73 Å². The van der Waals surface area contributed by atoms with Crippen molar-refractivity contribution in [2.75, 3.05) is 18.8 Å². The molecule has 0 spiro atoms. The molecule has 2 N–H and O–H groups in total. The Morgan fingerprint density at radius 2 is 2.17 bits per heavy atom. The zero-order chi connectivity index (χ0) is 20.4. The molecule has 150 valence electrons. The third kappa shape index (κ3) is 4.12. The van der Waals surface area contributed by atoms with E-state index in [4.69, 9.17) is 10.7 Å². The van der Waals surface area contributed by atoms with Crippen LogP contribution >= 0.6 is 11.5 Å². The number of likely N-dealkylation sites (tertiary alicyclic amines) is 1. The molecule has 1 aliphatic heterocycles. The Hall–Kier alpha value is -2.87. The standard InChI is InChI=1S/C21H24N6OS/c1-3-17-20(29-26-25-17)21(28)27-8-4-5-15(12-27)18-10-16(9-13(2)24-18)14-6-7-19(22)23-11-14/h6-7,9-11,15H,3-5,8,12H2,1-2H3,(H2,22,23)/t15-/m1/s1. The summed E-state index contributed by atoms with van der Waals surface area (Å²) in [5.41, 5.74) is 10.6. The maximum absolute atomic E-state index is 13.0. The van der Waals surface area contributed by atoms with E-state index in [0.29, 0.717) is 23.7 Å². The molecule has 0 bridgehead atoms. The number of rotatable bonds is 4. The molecule has 0 aliphatic carbocycles. The zero-order valence-electron chi connectivity index (χ0n) is 16.6. The summed E-state index contributed by atoms with van der Waals surface area (Å²) in [6.45, 7) is 5.42. The largest absolute Gasteiger partial charge is 0.384 e. The third-order valence-corrected chi connectivity index (χ3v) is 6.06. The minimum Gasteiger partial charge on any atom is -0.384 e. The Labute approximate surface area is 174 Å². The maximum atomic E-state index is 13.0. The van der Waals surface area contributed by atoms with Crippen LogP contribution in [0.3, 0.4) is 0 Å². The van der Waals surface area contributed by atoms with Gasteiger partial charge in [0.2, 0.25) is 0 Å². The van der Waals surface area contributed by atoms with Gasteiger partial charge in [-0.15, -0.1) is 5.10 Å². The van der Waals surface area contributed by atoms with Gasteiger partial charge in [0, 0.05) is 42.2 Å². The summed E-state index contributed by atoms with van der Waals surface area (Å²) < 4.78 is 3.97. The SMILES string of the molecule is CCc1nnsc1C(=O)N1CCC[C@@H](c2cc(-c3ccc(N)nc3)cc(C)n2)C1. The molecule has 0 radical (unpaired) electrons. The molecule has 4 rings (SSSR count). The molecule has 4 heterocycles. The number of piperidine rings is 1. The van der Waals surface area contributed by atoms with E-state index in [2.05, 4.69) is 26.7 Å². The Bertz CT molecular complexity index is 1020. The first-order chi connectivity index (χ1) is 14.0. The Morgan fingerprint density at radius 3 is 2.93 bits per heavy atom. The van der Waals surface area contributed by atoms with Crippen LogP contribution in [0.15, 0.2) is 30.5 Å². The molecular formula is C21H24N6OS. The Morgan fingerprint density at radius 1 is 1.31 bits per heavy atom. The van der Waals surface area contributed by atoms with Crippen molar-refractivity contribution in [1.82, 2.24) is 24.5 Å². The van der Waals surface area contributed by atoms with Crippen LogP contribution in [0.2, 0.25) is 0 Å². The van der Waals surface area contributed by atoms with E-state index in [1.807, 2.05) is 24.8 Å². The summed E-state index contributed by atoms with van der Waals surface area (Å²) in [5.74, 6) is 0.751. The molecule has 3 aromatic rings. The number of pyridine rings is 2. The number of aryl methyl sites for hydroxylation is 2. The number of nitrogens with zero attached hydrogens (tertiary/aromatic N) is 5. The maximum Gasteiger partial charge on any atom is 0.267 e. The van der Waals surface area contributed by atoms with E-state index in [-0.39, 0.29) is 11.8 Å². The normalized spacial score (nSPS) is 16.8. The highest BCUT2D eigenvalue weighted by Crippen LogP contribution is 2.30. The van der Waals surface area contributed by atoms with Gasteiger partial charge in [0.1, 0.15) is 10.7 Å². The molecule has 0 unspecified atom stereocenters. The molecule has 8 heteroatoms. The molecule has 1 aliphatic rings. The highest BCUT2D eigenvalue weighted by atomic mass is 32.1. The zero-order valence-corrected chi connectivity index (χ0v) is 17.4.